The summed E-state index contributed by atoms with van der Waals surface area (Å²) in [5, 5.41) is 21.4. The Hall–Kier alpha value is -2.45. The predicted molar refractivity (Wildman–Crippen MR) is 146 cm³/mol. The number of benzene rings is 3. The lowest BCUT2D eigenvalue weighted by Gasteiger charge is -2.26. The smallest absolute Gasteiger partial charge is 0.127 e. The fourth-order valence-electron chi connectivity index (χ4n) is 3.88. The van der Waals surface area contributed by atoms with E-state index in [9.17, 15) is 10.2 Å². The van der Waals surface area contributed by atoms with Crippen LogP contribution in [0.5, 0.6) is 11.5 Å². The summed E-state index contributed by atoms with van der Waals surface area (Å²) in [5.74, 6) is 0.786. The fourth-order valence-corrected chi connectivity index (χ4v) is 4.00. The van der Waals surface area contributed by atoms with Crippen LogP contribution < -0.4 is 0 Å². The largest absolute Gasteiger partial charge is 0.507 e. The lowest BCUT2D eigenvalue weighted by Crippen LogP contribution is -2.16. The minimum absolute atomic E-state index is 0.00859. The summed E-state index contributed by atoms with van der Waals surface area (Å²) in [6.45, 7) is 21.0. The zero-order valence-corrected chi connectivity index (χ0v) is 23.1. The predicted octanol–water partition coefficient (Wildman–Crippen LogP) is 9.11. The molecule has 0 spiro atoms. The molecular weight excluding hydrogens is 440 g/mol. The van der Waals surface area contributed by atoms with E-state index in [0.717, 1.165) is 33.4 Å². The molecule has 0 bridgehead atoms. The van der Waals surface area contributed by atoms with E-state index in [1.165, 1.54) is 0 Å². The van der Waals surface area contributed by atoms with Gasteiger partial charge in [-0.1, -0.05) is 104 Å². The highest BCUT2D eigenvalue weighted by atomic mass is 35.5. The second-order valence-electron chi connectivity index (χ2n) is 12.1. The summed E-state index contributed by atoms with van der Waals surface area (Å²) < 4.78 is 0. The number of aromatic hydroxyl groups is 2. The highest BCUT2D eigenvalue weighted by molar-refractivity contribution is 6.30. The minimum atomic E-state index is -0.0999. The molecule has 1 radical (unpaired) electrons. The van der Waals surface area contributed by atoms with Gasteiger partial charge in [0.2, 0.25) is 0 Å². The SMILES string of the molecule is CC(C)(C)c1cccc(C(C)(C)C)c1O.Cc1cc(-c2[c]cc(Cl)cc2)c(O)c(C(C)(C)C)c1. The highest BCUT2D eigenvalue weighted by Crippen LogP contribution is 2.40. The van der Waals surface area contributed by atoms with Gasteiger partial charge in [-0.15, -0.1) is 0 Å². The van der Waals surface area contributed by atoms with Gasteiger partial charge < -0.3 is 10.2 Å². The Bertz CT molecular complexity index is 1090. The molecular formula is C31H40ClO2. The van der Waals surface area contributed by atoms with Gasteiger partial charge in [-0.05, 0) is 69.7 Å². The third-order valence-corrected chi connectivity index (χ3v) is 6.01. The zero-order chi connectivity index (χ0) is 26.1. The van der Waals surface area contributed by atoms with Crippen LogP contribution in [0.2, 0.25) is 5.02 Å². The van der Waals surface area contributed by atoms with E-state index in [-0.39, 0.29) is 16.2 Å². The number of phenolic OH excluding ortho intramolecular Hbond substituents is 2. The molecule has 0 saturated carbocycles. The Balaban J connectivity index is 0.000000248. The summed E-state index contributed by atoms with van der Waals surface area (Å²) in [5.41, 5.74) is 5.67. The van der Waals surface area contributed by atoms with Crippen LogP contribution in [-0.4, -0.2) is 10.2 Å². The van der Waals surface area contributed by atoms with Crippen LogP contribution in [0.15, 0.2) is 48.5 Å². The van der Waals surface area contributed by atoms with E-state index in [2.05, 4.69) is 68.4 Å². The van der Waals surface area contributed by atoms with Crippen LogP contribution in [0.1, 0.15) is 84.6 Å². The molecule has 0 aliphatic rings. The van der Waals surface area contributed by atoms with Crippen molar-refractivity contribution in [2.24, 2.45) is 0 Å². The normalized spacial score (nSPS) is 12.2. The van der Waals surface area contributed by atoms with Gasteiger partial charge in [0.15, 0.2) is 0 Å². The molecule has 0 aliphatic heterocycles. The molecule has 0 aromatic heterocycles. The Morgan fingerprint density at radius 1 is 0.676 bits per heavy atom. The molecule has 0 unspecified atom stereocenters. The second-order valence-corrected chi connectivity index (χ2v) is 12.5. The number of hydrogen-bond donors (Lipinski definition) is 2. The molecule has 3 heteroatoms. The molecule has 3 rings (SSSR count). The molecule has 183 valence electrons. The monoisotopic (exact) mass is 479 g/mol. The van der Waals surface area contributed by atoms with Gasteiger partial charge in [0.25, 0.3) is 0 Å². The molecule has 0 heterocycles. The Kier molecular flexibility index (Phi) is 8.21. The molecule has 0 saturated heterocycles. The lowest BCUT2D eigenvalue weighted by atomic mass is 9.80. The van der Waals surface area contributed by atoms with Gasteiger partial charge in [-0.3, -0.25) is 0 Å². The number of halogens is 1. The van der Waals surface area contributed by atoms with Gasteiger partial charge in [0.1, 0.15) is 11.5 Å². The molecule has 3 aromatic rings. The first-order chi connectivity index (χ1) is 15.4. The summed E-state index contributed by atoms with van der Waals surface area (Å²) in [7, 11) is 0. The third kappa shape index (κ3) is 6.79. The Labute approximate surface area is 211 Å². The third-order valence-electron chi connectivity index (χ3n) is 5.78. The number of hydrogen-bond acceptors (Lipinski definition) is 2. The number of rotatable bonds is 1. The van der Waals surface area contributed by atoms with Gasteiger partial charge >= 0.3 is 0 Å². The standard InChI is InChI=1S/C17H18ClO.C14H22O/c1-11-9-14(12-5-7-13(18)8-6-12)16(19)15(10-11)17(2,3)4;1-13(2,3)10-8-7-9-11(12(10)15)14(4,5)6/h5,7-10,19H,1-4H3;7-9,15H,1-6H3. The highest BCUT2D eigenvalue weighted by Gasteiger charge is 2.25. The average molecular weight is 480 g/mol. The first-order valence-electron chi connectivity index (χ1n) is 11.8. The van der Waals surface area contributed by atoms with Gasteiger partial charge in [-0.25, -0.2) is 0 Å². The van der Waals surface area contributed by atoms with E-state index in [1.54, 1.807) is 6.07 Å². The minimum Gasteiger partial charge on any atom is -0.507 e. The van der Waals surface area contributed by atoms with Crippen LogP contribution in [-0.2, 0) is 16.2 Å². The van der Waals surface area contributed by atoms with Crippen LogP contribution >= 0.6 is 11.6 Å². The number of phenols is 2. The average Bonchev–Trinajstić information content (AvgIpc) is 2.68. The van der Waals surface area contributed by atoms with Crippen molar-refractivity contribution in [2.75, 3.05) is 0 Å². The molecule has 2 nitrogen and oxygen atoms in total. The van der Waals surface area contributed by atoms with E-state index in [0.29, 0.717) is 16.5 Å². The van der Waals surface area contributed by atoms with Crippen molar-refractivity contribution >= 4 is 11.6 Å². The van der Waals surface area contributed by atoms with Crippen LogP contribution in [0.25, 0.3) is 11.1 Å². The maximum absolute atomic E-state index is 10.5. The molecule has 0 atom stereocenters. The van der Waals surface area contributed by atoms with E-state index >= 15 is 0 Å². The van der Waals surface area contributed by atoms with Gasteiger partial charge in [0.05, 0.1) is 0 Å². The van der Waals surface area contributed by atoms with Crippen molar-refractivity contribution in [1.82, 2.24) is 0 Å². The van der Waals surface area contributed by atoms with Crippen LogP contribution in [0, 0.1) is 13.0 Å². The van der Waals surface area contributed by atoms with Crippen molar-refractivity contribution in [2.45, 2.75) is 85.5 Å². The van der Waals surface area contributed by atoms with E-state index < -0.39 is 0 Å². The summed E-state index contributed by atoms with van der Waals surface area (Å²) in [6.07, 6.45) is 0. The molecule has 0 aliphatic carbocycles. The van der Waals surface area contributed by atoms with Crippen molar-refractivity contribution in [3.63, 3.8) is 0 Å². The maximum atomic E-state index is 10.5. The number of aryl methyl sites for hydroxylation is 1. The Morgan fingerprint density at radius 2 is 1.18 bits per heavy atom. The quantitative estimate of drug-likeness (QED) is 0.365. The fraction of sp³-hybridized carbons (Fsp3) is 0.419. The molecule has 0 fully saturated rings. The first kappa shape index (κ1) is 27.8. The van der Waals surface area contributed by atoms with Crippen molar-refractivity contribution in [1.29, 1.82) is 0 Å². The van der Waals surface area contributed by atoms with Crippen LogP contribution in [0.3, 0.4) is 0 Å². The zero-order valence-electron chi connectivity index (χ0n) is 22.4. The first-order valence-corrected chi connectivity index (χ1v) is 12.2. The van der Waals surface area contributed by atoms with Crippen molar-refractivity contribution in [3.05, 3.63) is 81.9 Å². The van der Waals surface area contributed by atoms with Crippen molar-refractivity contribution in [3.8, 4) is 22.6 Å². The molecule has 2 N–H and O–H groups in total. The molecule has 34 heavy (non-hydrogen) atoms. The summed E-state index contributed by atoms with van der Waals surface area (Å²) in [4.78, 5) is 0. The van der Waals surface area contributed by atoms with E-state index in [1.807, 2.05) is 49.4 Å². The van der Waals surface area contributed by atoms with Crippen LogP contribution in [0.4, 0.5) is 0 Å². The van der Waals surface area contributed by atoms with Crippen molar-refractivity contribution < 1.29 is 10.2 Å². The van der Waals surface area contributed by atoms with Gasteiger partial charge in [0, 0.05) is 16.1 Å². The molecule has 3 aromatic carbocycles. The summed E-state index contributed by atoms with van der Waals surface area (Å²) >= 11 is 5.88. The number of para-hydroxylation sites is 1. The van der Waals surface area contributed by atoms with E-state index in [4.69, 9.17) is 11.6 Å². The summed E-state index contributed by atoms with van der Waals surface area (Å²) in [6, 6.07) is 18.6. The molecule has 0 amide bonds. The Morgan fingerprint density at radius 3 is 1.59 bits per heavy atom. The topological polar surface area (TPSA) is 40.5 Å². The van der Waals surface area contributed by atoms with Gasteiger partial charge in [-0.2, -0.15) is 0 Å². The maximum Gasteiger partial charge on any atom is 0.127 e. The lowest BCUT2D eigenvalue weighted by molar-refractivity contribution is 0.423. The second kappa shape index (κ2) is 10.0.